The van der Waals surface area contributed by atoms with Crippen LogP contribution >= 0.6 is 0 Å². The number of hydrogen-bond donors (Lipinski definition) is 3. The molecule has 0 radical (unpaired) electrons. The molecule has 0 amide bonds. The summed E-state index contributed by atoms with van der Waals surface area (Å²) >= 11 is 0. The maximum atomic E-state index is 12.1. The first-order chi connectivity index (χ1) is 8.54. The third kappa shape index (κ3) is 4.12. The monoisotopic (exact) mass is 251 g/mol. The van der Waals surface area contributed by atoms with Gasteiger partial charge in [-0.05, 0) is 19.4 Å². The van der Waals surface area contributed by atoms with E-state index in [9.17, 15) is 4.39 Å². The van der Waals surface area contributed by atoms with Crippen LogP contribution < -0.4 is 11.1 Å². The highest BCUT2D eigenvalue weighted by atomic mass is 19.1. The average Bonchev–Trinajstić information content (AvgIpc) is 2.33. The molecule has 0 aliphatic carbocycles. The van der Waals surface area contributed by atoms with Gasteiger partial charge in [-0.1, -0.05) is 13.0 Å². The number of allylic oxidation sites excluding steroid dienone is 1. The molecule has 0 spiro atoms. The normalized spacial score (nSPS) is 10.8. The van der Waals surface area contributed by atoms with Crippen molar-refractivity contribution in [3.8, 4) is 0 Å². The maximum Gasteiger partial charge on any atom is 0.205 e. The van der Waals surface area contributed by atoms with E-state index in [0.29, 0.717) is 24.5 Å². The predicted octanol–water partition coefficient (Wildman–Crippen LogP) is 2.23. The Bertz CT molecular complexity index is 456. The molecule has 0 bridgehead atoms. The van der Waals surface area contributed by atoms with Crippen LogP contribution in [0, 0.1) is 12.3 Å². The quantitative estimate of drug-likeness (QED) is 0.534. The summed E-state index contributed by atoms with van der Waals surface area (Å²) in [6.07, 6.45) is 4.04. The van der Waals surface area contributed by atoms with E-state index in [-0.39, 0.29) is 0 Å². The predicted molar refractivity (Wildman–Crippen MR) is 71.6 cm³/mol. The summed E-state index contributed by atoms with van der Waals surface area (Å²) in [7, 11) is 0. The molecule has 4 N–H and O–H groups in total. The lowest BCUT2D eigenvalue weighted by molar-refractivity contribution is 0.803. The molecule has 0 saturated carbocycles. The molecule has 0 aliphatic heterocycles. The molecular weight excluding hydrogens is 233 g/mol. The van der Waals surface area contributed by atoms with Gasteiger partial charge in [-0.15, -0.1) is 0 Å². The Morgan fingerprint density at radius 1 is 1.50 bits per heavy atom. The molecule has 0 unspecified atom stereocenters. The van der Waals surface area contributed by atoms with Crippen LogP contribution in [0.4, 0.5) is 15.9 Å². The summed E-state index contributed by atoms with van der Waals surface area (Å²) in [5.74, 6) is 0.411. The van der Waals surface area contributed by atoms with Gasteiger partial charge in [0.15, 0.2) is 5.82 Å². The maximum absolute atomic E-state index is 12.1. The van der Waals surface area contributed by atoms with E-state index in [0.717, 1.165) is 24.0 Å². The molecule has 5 nitrogen and oxygen atoms in total. The van der Waals surface area contributed by atoms with Crippen molar-refractivity contribution in [2.75, 3.05) is 17.6 Å². The van der Waals surface area contributed by atoms with Crippen molar-refractivity contribution < 1.29 is 4.39 Å². The second-order valence-corrected chi connectivity index (χ2v) is 3.81. The zero-order chi connectivity index (χ0) is 13.5. The highest BCUT2D eigenvalue weighted by Gasteiger charge is 2.06. The molecule has 1 rings (SSSR count). The molecule has 0 aromatic carbocycles. The second kappa shape index (κ2) is 6.68. The van der Waals surface area contributed by atoms with Crippen molar-refractivity contribution in [1.29, 1.82) is 5.41 Å². The molecule has 1 aromatic heterocycles. The SMILES string of the molecule is CCc1nc(C)c(N)c(NCC/C=C\C(=N)F)n1. The first-order valence-electron chi connectivity index (χ1n) is 5.82. The van der Waals surface area contributed by atoms with Crippen molar-refractivity contribution in [3.63, 3.8) is 0 Å². The summed E-state index contributed by atoms with van der Waals surface area (Å²) in [6, 6.07) is 0. The first kappa shape index (κ1) is 14.1. The number of nitrogens with two attached hydrogens (primary N) is 1. The third-order valence-corrected chi connectivity index (χ3v) is 2.37. The van der Waals surface area contributed by atoms with Crippen LogP contribution in [-0.2, 0) is 6.42 Å². The molecule has 0 aliphatic rings. The van der Waals surface area contributed by atoms with Crippen LogP contribution in [0.3, 0.4) is 0 Å². The van der Waals surface area contributed by atoms with Crippen molar-refractivity contribution in [2.24, 2.45) is 0 Å². The largest absolute Gasteiger partial charge is 0.394 e. The van der Waals surface area contributed by atoms with Crippen LogP contribution in [-0.4, -0.2) is 22.5 Å². The van der Waals surface area contributed by atoms with Crippen molar-refractivity contribution in [1.82, 2.24) is 9.97 Å². The van der Waals surface area contributed by atoms with Crippen LogP contribution in [0.25, 0.3) is 0 Å². The number of hydrogen-bond acceptors (Lipinski definition) is 5. The lowest BCUT2D eigenvalue weighted by Crippen LogP contribution is -2.10. The van der Waals surface area contributed by atoms with Gasteiger partial charge >= 0.3 is 0 Å². The van der Waals surface area contributed by atoms with Crippen molar-refractivity contribution in [2.45, 2.75) is 26.7 Å². The van der Waals surface area contributed by atoms with Gasteiger partial charge in [0.05, 0.1) is 11.4 Å². The molecular formula is C12H18FN5. The Balaban J connectivity index is 2.61. The lowest BCUT2D eigenvalue weighted by Gasteiger charge is -2.10. The van der Waals surface area contributed by atoms with Crippen molar-refractivity contribution >= 4 is 17.5 Å². The summed E-state index contributed by atoms with van der Waals surface area (Å²) in [5.41, 5.74) is 7.16. The molecule has 0 fully saturated rings. The smallest absolute Gasteiger partial charge is 0.205 e. The molecule has 98 valence electrons. The van der Waals surface area contributed by atoms with Crippen LogP contribution in [0.5, 0.6) is 0 Å². The highest BCUT2D eigenvalue weighted by Crippen LogP contribution is 2.18. The van der Waals surface area contributed by atoms with Crippen LogP contribution in [0.1, 0.15) is 24.9 Å². The number of aryl methyl sites for hydroxylation is 2. The van der Waals surface area contributed by atoms with Gasteiger partial charge in [-0.25, -0.2) is 9.97 Å². The highest BCUT2D eigenvalue weighted by molar-refractivity contribution is 5.83. The Morgan fingerprint density at radius 3 is 2.83 bits per heavy atom. The standard InChI is InChI=1S/C12H18FN5/c1-3-10-17-8(2)11(15)12(18-10)16-7-5-4-6-9(13)14/h4,6,14H,3,5,7,15H2,1-2H3,(H,16,17,18)/b6-4-,14-9?. The number of nitrogen functional groups attached to an aromatic ring is 1. The molecule has 0 saturated heterocycles. The summed E-state index contributed by atoms with van der Waals surface area (Å²) in [6.45, 7) is 4.39. The number of halogens is 1. The van der Waals surface area contributed by atoms with E-state index >= 15 is 0 Å². The summed E-state index contributed by atoms with van der Waals surface area (Å²) in [4.78, 5) is 8.55. The fourth-order valence-electron chi connectivity index (χ4n) is 1.39. The van der Waals surface area contributed by atoms with Gasteiger partial charge in [0.2, 0.25) is 5.97 Å². The Kier molecular flexibility index (Phi) is 5.23. The van der Waals surface area contributed by atoms with Gasteiger partial charge in [0, 0.05) is 13.0 Å². The first-order valence-corrected chi connectivity index (χ1v) is 5.82. The minimum absolute atomic E-state index is 0.536. The van der Waals surface area contributed by atoms with Gasteiger partial charge in [0.25, 0.3) is 0 Å². The van der Waals surface area contributed by atoms with E-state index in [1.54, 1.807) is 6.08 Å². The minimum Gasteiger partial charge on any atom is -0.394 e. The fourth-order valence-corrected chi connectivity index (χ4v) is 1.39. The van der Waals surface area contributed by atoms with E-state index < -0.39 is 5.97 Å². The molecule has 0 atom stereocenters. The fraction of sp³-hybridized carbons (Fsp3) is 0.417. The zero-order valence-electron chi connectivity index (χ0n) is 10.6. The van der Waals surface area contributed by atoms with Gasteiger partial charge in [0.1, 0.15) is 5.82 Å². The van der Waals surface area contributed by atoms with E-state index in [1.807, 2.05) is 13.8 Å². The van der Waals surface area contributed by atoms with Gasteiger partial charge in [-0.3, -0.25) is 5.41 Å². The van der Waals surface area contributed by atoms with E-state index in [4.69, 9.17) is 11.1 Å². The minimum atomic E-state index is -0.944. The zero-order valence-corrected chi connectivity index (χ0v) is 10.6. The Hall–Kier alpha value is -1.98. The molecule has 1 aromatic rings. The molecule has 6 heteroatoms. The Labute approximate surface area is 106 Å². The summed E-state index contributed by atoms with van der Waals surface area (Å²) < 4.78 is 12.1. The number of nitrogens with one attached hydrogen (secondary N) is 2. The van der Waals surface area contributed by atoms with Crippen LogP contribution in [0.2, 0.25) is 0 Å². The Morgan fingerprint density at radius 2 is 2.22 bits per heavy atom. The number of rotatable bonds is 6. The topological polar surface area (TPSA) is 87.7 Å². The average molecular weight is 251 g/mol. The lowest BCUT2D eigenvalue weighted by atomic mass is 10.3. The second-order valence-electron chi connectivity index (χ2n) is 3.81. The van der Waals surface area contributed by atoms with E-state index in [1.165, 1.54) is 0 Å². The number of anilines is 2. The van der Waals surface area contributed by atoms with Crippen molar-refractivity contribution in [3.05, 3.63) is 23.7 Å². The molecule has 1 heterocycles. The third-order valence-electron chi connectivity index (χ3n) is 2.37. The van der Waals surface area contributed by atoms with Gasteiger partial charge in [-0.2, -0.15) is 4.39 Å². The number of nitrogens with zero attached hydrogens (tertiary/aromatic N) is 2. The number of aromatic nitrogens is 2. The van der Waals surface area contributed by atoms with E-state index in [2.05, 4.69) is 15.3 Å². The van der Waals surface area contributed by atoms with Gasteiger partial charge < -0.3 is 11.1 Å². The summed E-state index contributed by atoms with van der Waals surface area (Å²) in [5, 5.41) is 9.68. The molecule has 18 heavy (non-hydrogen) atoms. The van der Waals surface area contributed by atoms with Crippen LogP contribution in [0.15, 0.2) is 12.2 Å².